The Hall–Kier alpha value is -3.88. The van der Waals surface area contributed by atoms with Crippen molar-refractivity contribution in [2.45, 2.75) is 19.0 Å². The quantitative estimate of drug-likeness (QED) is 0.473. The van der Waals surface area contributed by atoms with Gasteiger partial charge in [0.05, 0.1) is 35.4 Å². The molecular weight excluding hydrogens is 427 g/mol. The number of amides is 1. The number of halogens is 1. The van der Waals surface area contributed by atoms with Gasteiger partial charge >= 0.3 is 0 Å². The molecule has 9 heteroatoms. The highest BCUT2D eigenvalue weighted by Gasteiger charge is 2.42. The molecule has 2 atom stereocenters. The molecule has 170 valence electrons. The van der Waals surface area contributed by atoms with E-state index in [1.54, 1.807) is 48.7 Å². The fourth-order valence-electron chi connectivity index (χ4n) is 4.87. The van der Waals surface area contributed by atoms with Gasteiger partial charge in [-0.1, -0.05) is 12.1 Å². The summed E-state index contributed by atoms with van der Waals surface area (Å²) in [5, 5.41) is 14.2. The largest absolute Gasteiger partial charge is 0.467 e. The minimum absolute atomic E-state index is 0.00642. The Morgan fingerprint density at radius 2 is 2.00 bits per heavy atom. The molecule has 2 aliphatic heterocycles. The van der Waals surface area contributed by atoms with Gasteiger partial charge in [-0.2, -0.15) is 0 Å². The number of hydrogen-bond donors (Lipinski definition) is 1. The van der Waals surface area contributed by atoms with Crippen molar-refractivity contribution in [1.29, 1.82) is 0 Å². The number of anilines is 2. The Balaban J connectivity index is 1.46. The van der Waals surface area contributed by atoms with E-state index in [0.29, 0.717) is 37.5 Å². The molecule has 1 amide bonds. The fourth-order valence-corrected chi connectivity index (χ4v) is 4.87. The third-order valence-electron chi connectivity index (χ3n) is 6.45. The minimum atomic E-state index is -0.455. The van der Waals surface area contributed by atoms with Crippen LogP contribution < -0.4 is 15.1 Å². The number of furan rings is 1. The molecule has 1 fully saturated rings. The zero-order chi connectivity index (χ0) is 22.9. The topological polar surface area (TPSA) is 91.9 Å². The standard InChI is InChI=1S/C24H23FN4O4/c25-20-5-1-2-6-22(20)27-9-10-28-21-8-7-17(29(31)32)12-16(21)13-19(23(28)15-27)24(30)26-14-18-4-3-11-33-18/h1-8,11-12,19,23H,9-10,13-15H2,(H,26,30)/t19-,23+/m0/s1. The van der Waals surface area contributed by atoms with Crippen molar-refractivity contribution in [1.82, 2.24) is 5.32 Å². The first-order valence-corrected chi connectivity index (χ1v) is 10.8. The summed E-state index contributed by atoms with van der Waals surface area (Å²) in [7, 11) is 0. The highest BCUT2D eigenvalue weighted by Crippen LogP contribution is 2.39. The van der Waals surface area contributed by atoms with E-state index in [9.17, 15) is 19.3 Å². The van der Waals surface area contributed by atoms with Crippen LogP contribution in [0.3, 0.4) is 0 Å². The number of non-ortho nitro benzene ring substituents is 1. The zero-order valence-electron chi connectivity index (χ0n) is 17.8. The molecule has 5 rings (SSSR count). The van der Waals surface area contributed by atoms with Gasteiger partial charge in [0.15, 0.2) is 0 Å². The highest BCUT2D eigenvalue weighted by molar-refractivity contribution is 5.82. The van der Waals surface area contributed by atoms with Crippen LogP contribution in [0.1, 0.15) is 11.3 Å². The SMILES string of the molecule is O=C(NCc1ccco1)[C@H]1Cc2cc([N+](=O)[O-])ccc2N2CCN(c3ccccc3F)C[C@H]12. The van der Waals surface area contributed by atoms with Crippen molar-refractivity contribution in [3.63, 3.8) is 0 Å². The van der Waals surface area contributed by atoms with E-state index >= 15 is 0 Å². The van der Waals surface area contributed by atoms with Crippen LogP contribution in [0.2, 0.25) is 0 Å². The Labute approximate surface area is 189 Å². The number of nitro benzene ring substituents is 1. The average molecular weight is 450 g/mol. The molecule has 1 aromatic heterocycles. The molecule has 2 aromatic carbocycles. The van der Waals surface area contributed by atoms with E-state index < -0.39 is 10.8 Å². The number of carbonyl (C=O) groups is 1. The van der Waals surface area contributed by atoms with Gasteiger partial charge in [0.1, 0.15) is 11.6 Å². The molecule has 0 bridgehead atoms. The van der Waals surface area contributed by atoms with Crippen molar-refractivity contribution in [2.75, 3.05) is 29.4 Å². The third kappa shape index (κ3) is 4.02. The predicted molar refractivity (Wildman–Crippen MR) is 121 cm³/mol. The van der Waals surface area contributed by atoms with Crippen LogP contribution in [-0.4, -0.2) is 36.5 Å². The van der Waals surface area contributed by atoms with Gasteiger partial charge in [-0.3, -0.25) is 14.9 Å². The molecule has 0 saturated carbocycles. The summed E-state index contributed by atoms with van der Waals surface area (Å²) in [6.45, 7) is 1.88. The molecule has 33 heavy (non-hydrogen) atoms. The predicted octanol–water partition coefficient (Wildman–Crippen LogP) is 3.51. The summed E-state index contributed by atoms with van der Waals surface area (Å²) in [6.07, 6.45) is 1.92. The minimum Gasteiger partial charge on any atom is -0.467 e. The van der Waals surface area contributed by atoms with Gasteiger partial charge < -0.3 is 19.5 Å². The van der Waals surface area contributed by atoms with E-state index in [1.807, 2.05) is 4.90 Å². The normalized spacial score (nSPS) is 19.5. The summed E-state index contributed by atoms with van der Waals surface area (Å²) in [5.74, 6) is -0.265. The Kier molecular flexibility index (Phi) is 5.45. The molecular formula is C24H23FN4O4. The van der Waals surface area contributed by atoms with Gasteiger partial charge in [0.25, 0.3) is 5.69 Å². The maximum absolute atomic E-state index is 14.5. The molecule has 0 unspecified atom stereocenters. The number of fused-ring (bicyclic) bond motifs is 3. The summed E-state index contributed by atoms with van der Waals surface area (Å²) < 4.78 is 19.8. The van der Waals surface area contributed by atoms with Crippen LogP contribution in [0, 0.1) is 21.8 Å². The van der Waals surface area contributed by atoms with Gasteiger partial charge in [0.2, 0.25) is 5.91 Å². The number of benzene rings is 2. The van der Waals surface area contributed by atoms with Crippen molar-refractivity contribution in [2.24, 2.45) is 5.92 Å². The summed E-state index contributed by atoms with van der Waals surface area (Å²) in [6, 6.07) is 14.8. The summed E-state index contributed by atoms with van der Waals surface area (Å²) in [5.41, 5.74) is 2.19. The first kappa shape index (κ1) is 21.0. The molecule has 3 heterocycles. The molecule has 0 spiro atoms. The number of hydrogen-bond acceptors (Lipinski definition) is 6. The smallest absolute Gasteiger partial charge is 0.269 e. The van der Waals surface area contributed by atoms with Crippen LogP contribution in [0.15, 0.2) is 65.3 Å². The Morgan fingerprint density at radius 1 is 1.15 bits per heavy atom. The lowest BCUT2D eigenvalue weighted by Gasteiger charge is -2.49. The van der Waals surface area contributed by atoms with Crippen molar-refractivity contribution in [3.05, 3.63) is 88.1 Å². The van der Waals surface area contributed by atoms with E-state index in [-0.39, 0.29) is 30.0 Å². The van der Waals surface area contributed by atoms with Gasteiger partial charge in [-0.25, -0.2) is 4.39 Å². The number of para-hydroxylation sites is 1. The highest BCUT2D eigenvalue weighted by atomic mass is 19.1. The fraction of sp³-hybridized carbons (Fsp3) is 0.292. The van der Waals surface area contributed by atoms with Gasteiger partial charge in [-0.05, 0) is 42.3 Å². The van der Waals surface area contributed by atoms with E-state index in [2.05, 4.69) is 10.2 Å². The van der Waals surface area contributed by atoms with Crippen molar-refractivity contribution in [3.8, 4) is 0 Å². The van der Waals surface area contributed by atoms with Crippen LogP contribution in [-0.2, 0) is 17.8 Å². The lowest BCUT2D eigenvalue weighted by atomic mass is 9.83. The van der Waals surface area contributed by atoms with E-state index in [4.69, 9.17) is 4.42 Å². The number of nitrogens with zero attached hydrogens (tertiary/aromatic N) is 3. The Morgan fingerprint density at radius 3 is 2.76 bits per heavy atom. The zero-order valence-corrected chi connectivity index (χ0v) is 17.8. The van der Waals surface area contributed by atoms with Gasteiger partial charge in [0, 0.05) is 37.5 Å². The van der Waals surface area contributed by atoms with Crippen LogP contribution in [0.25, 0.3) is 0 Å². The maximum Gasteiger partial charge on any atom is 0.269 e. The summed E-state index contributed by atoms with van der Waals surface area (Å²) >= 11 is 0. The molecule has 0 aliphatic carbocycles. The first-order valence-electron chi connectivity index (χ1n) is 10.8. The van der Waals surface area contributed by atoms with Gasteiger partial charge in [-0.15, -0.1) is 0 Å². The van der Waals surface area contributed by atoms with Crippen LogP contribution in [0.5, 0.6) is 0 Å². The summed E-state index contributed by atoms with van der Waals surface area (Å²) in [4.78, 5) is 28.3. The molecule has 1 saturated heterocycles. The first-order chi connectivity index (χ1) is 16.0. The molecule has 3 aromatic rings. The second-order valence-electron chi connectivity index (χ2n) is 8.34. The maximum atomic E-state index is 14.5. The van der Waals surface area contributed by atoms with E-state index in [0.717, 1.165) is 11.3 Å². The molecule has 0 radical (unpaired) electrons. The average Bonchev–Trinajstić information content (AvgIpc) is 3.35. The number of rotatable bonds is 5. The van der Waals surface area contributed by atoms with Crippen molar-refractivity contribution >= 4 is 23.0 Å². The Bertz CT molecular complexity index is 1180. The molecule has 1 N–H and O–H groups in total. The number of piperazine rings is 1. The van der Waals surface area contributed by atoms with Crippen molar-refractivity contribution < 1.29 is 18.5 Å². The van der Waals surface area contributed by atoms with Crippen LogP contribution in [0.4, 0.5) is 21.5 Å². The van der Waals surface area contributed by atoms with E-state index in [1.165, 1.54) is 12.1 Å². The third-order valence-corrected chi connectivity index (χ3v) is 6.45. The molecule has 8 nitrogen and oxygen atoms in total. The number of nitrogens with one attached hydrogen (secondary N) is 1. The lowest BCUT2D eigenvalue weighted by Crippen LogP contribution is -2.61. The van der Waals surface area contributed by atoms with Crippen LogP contribution >= 0.6 is 0 Å². The number of nitro groups is 1. The molecule has 2 aliphatic rings. The lowest BCUT2D eigenvalue weighted by molar-refractivity contribution is -0.384. The second-order valence-corrected chi connectivity index (χ2v) is 8.34. The number of carbonyl (C=O) groups excluding carboxylic acids is 1. The monoisotopic (exact) mass is 450 g/mol. The second kappa shape index (κ2) is 8.57.